The largest absolute Gasteiger partial charge is 0.303 e. The van der Waals surface area contributed by atoms with Crippen LogP contribution in [-0.2, 0) is 0 Å². The maximum absolute atomic E-state index is 2.63. The molecule has 14 heavy (non-hydrogen) atoms. The fourth-order valence-corrected chi connectivity index (χ4v) is 3.66. The Morgan fingerprint density at radius 2 is 1.86 bits per heavy atom. The summed E-state index contributed by atoms with van der Waals surface area (Å²) in [7, 11) is 2.34. The van der Waals surface area contributed by atoms with Crippen LogP contribution in [0.15, 0.2) is 0 Å². The molecule has 1 aliphatic heterocycles. The molecule has 82 valence electrons. The second-order valence-corrected chi connectivity index (χ2v) is 5.58. The number of nitrogens with zero attached hydrogens (tertiary/aromatic N) is 1. The van der Waals surface area contributed by atoms with Crippen LogP contribution < -0.4 is 0 Å². The standard InChI is InChI=1S/C13H25N/c1-3-12-7-10-13(11-14(12)2)8-5-4-6-9-13/h12H,3-11H2,1-2H3/t12-/m1/s1. The van der Waals surface area contributed by atoms with Crippen molar-refractivity contribution in [2.24, 2.45) is 5.41 Å². The molecule has 0 aromatic heterocycles. The molecule has 2 rings (SSSR count). The third kappa shape index (κ3) is 1.98. The van der Waals surface area contributed by atoms with Crippen LogP contribution in [0.2, 0.25) is 0 Å². The van der Waals surface area contributed by atoms with Gasteiger partial charge in [0.25, 0.3) is 0 Å². The molecule has 0 N–H and O–H groups in total. The Morgan fingerprint density at radius 3 is 2.43 bits per heavy atom. The van der Waals surface area contributed by atoms with Crippen LogP contribution in [0.25, 0.3) is 0 Å². The number of likely N-dealkylation sites (tertiary alicyclic amines) is 1. The zero-order valence-electron chi connectivity index (χ0n) is 9.89. The second kappa shape index (κ2) is 4.22. The van der Waals surface area contributed by atoms with Gasteiger partial charge in [-0.15, -0.1) is 0 Å². The van der Waals surface area contributed by atoms with E-state index in [4.69, 9.17) is 0 Å². The first-order valence-corrected chi connectivity index (χ1v) is 6.46. The monoisotopic (exact) mass is 195 g/mol. The third-order valence-corrected chi connectivity index (χ3v) is 4.60. The average molecular weight is 195 g/mol. The summed E-state index contributed by atoms with van der Waals surface area (Å²) in [5.74, 6) is 0. The minimum absolute atomic E-state index is 0.735. The summed E-state index contributed by atoms with van der Waals surface area (Å²) in [5.41, 5.74) is 0.735. The third-order valence-electron chi connectivity index (χ3n) is 4.60. The number of rotatable bonds is 1. The Hall–Kier alpha value is -0.0400. The summed E-state index contributed by atoms with van der Waals surface area (Å²) in [6.07, 6.45) is 11.8. The van der Waals surface area contributed by atoms with Crippen molar-refractivity contribution in [2.75, 3.05) is 13.6 Å². The van der Waals surface area contributed by atoms with Crippen molar-refractivity contribution in [3.8, 4) is 0 Å². The minimum Gasteiger partial charge on any atom is -0.303 e. The Kier molecular flexibility index (Phi) is 3.16. The fraction of sp³-hybridized carbons (Fsp3) is 1.00. The van der Waals surface area contributed by atoms with Gasteiger partial charge in [-0.25, -0.2) is 0 Å². The van der Waals surface area contributed by atoms with Gasteiger partial charge in [0.15, 0.2) is 0 Å². The highest BCUT2D eigenvalue weighted by Crippen LogP contribution is 2.44. The van der Waals surface area contributed by atoms with Crippen LogP contribution in [0.1, 0.15) is 58.3 Å². The van der Waals surface area contributed by atoms with Crippen LogP contribution in [0, 0.1) is 5.41 Å². The fourth-order valence-electron chi connectivity index (χ4n) is 3.66. The van der Waals surface area contributed by atoms with Gasteiger partial charge < -0.3 is 4.90 Å². The molecule has 1 saturated carbocycles. The molecule has 2 fully saturated rings. The molecule has 1 atom stereocenters. The topological polar surface area (TPSA) is 3.24 Å². The van der Waals surface area contributed by atoms with Crippen molar-refractivity contribution in [3.05, 3.63) is 0 Å². The zero-order valence-corrected chi connectivity index (χ0v) is 9.89. The predicted molar refractivity (Wildman–Crippen MR) is 61.5 cm³/mol. The van der Waals surface area contributed by atoms with E-state index in [1.165, 1.54) is 57.9 Å². The molecule has 0 unspecified atom stereocenters. The van der Waals surface area contributed by atoms with Crippen molar-refractivity contribution >= 4 is 0 Å². The van der Waals surface area contributed by atoms with Gasteiger partial charge in [0.2, 0.25) is 0 Å². The van der Waals surface area contributed by atoms with Gasteiger partial charge in [-0.05, 0) is 44.6 Å². The van der Waals surface area contributed by atoms with E-state index >= 15 is 0 Å². The van der Waals surface area contributed by atoms with Crippen molar-refractivity contribution in [2.45, 2.75) is 64.3 Å². The van der Waals surface area contributed by atoms with Crippen LogP contribution in [0.4, 0.5) is 0 Å². The minimum atomic E-state index is 0.735. The van der Waals surface area contributed by atoms with Gasteiger partial charge in [-0.1, -0.05) is 26.2 Å². The molecule has 1 heteroatoms. The van der Waals surface area contributed by atoms with Gasteiger partial charge in [0.1, 0.15) is 0 Å². The molecule has 1 spiro atoms. The maximum Gasteiger partial charge on any atom is 0.00900 e. The first-order valence-electron chi connectivity index (χ1n) is 6.46. The molecule has 2 aliphatic rings. The molecule has 0 bridgehead atoms. The van der Waals surface area contributed by atoms with Crippen molar-refractivity contribution in [1.29, 1.82) is 0 Å². The molecule has 1 heterocycles. The molecule has 0 aromatic carbocycles. The van der Waals surface area contributed by atoms with E-state index in [1.807, 2.05) is 0 Å². The van der Waals surface area contributed by atoms with Crippen LogP contribution >= 0.6 is 0 Å². The Labute approximate surface area is 88.9 Å². The lowest BCUT2D eigenvalue weighted by molar-refractivity contribution is 0.0313. The van der Waals surface area contributed by atoms with E-state index in [0.29, 0.717) is 0 Å². The summed E-state index contributed by atoms with van der Waals surface area (Å²) >= 11 is 0. The lowest BCUT2D eigenvalue weighted by Crippen LogP contribution is -2.47. The van der Waals surface area contributed by atoms with E-state index in [2.05, 4.69) is 18.9 Å². The van der Waals surface area contributed by atoms with Gasteiger partial charge in [-0.2, -0.15) is 0 Å². The van der Waals surface area contributed by atoms with E-state index in [1.54, 1.807) is 0 Å². The van der Waals surface area contributed by atoms with Gasteiger partial charge in [-0.3, -0.25) is 0 Å². The van der Waals surface area contributed by atoms with Gasteiger partial charge in [0, 0.05) is 12.6 Å². The normalized spacial score (nSPS) is 33.4. The number of hydrogen-bond donors (Lipinski definition) is 0. The maximum atomic E-state index is 2.63. The second-order valence-electron chi connectivity index (χ2n) is 5.58. The number of hydrogen-bond acceptors (Lipinski definition) is 1. The van der Waals surface area contributed by atoms with Crippen LogP contribution in [0.5, 0.6) is 0 Å². The quantitative estimate of drug-likeness (QED) is 0.619. The van der Waals surface area contributed by atoms with E-state index in [9.17, 15) is 0 Å². The summed E-state index contributed by atoms with van der Waals surface area (Å²) < 4.78 is 0. The molecule has 1 nitrogen and oxygen atoms in total. The lowest BCUT2D eigenvalue weighted by Gasteiger charge is -2.47. The van der Waals surface area contributed by atoms with E-state index < -0.39 is 0 Å². The predicted octanol–water partition coefficient (Wildman–Crippen LogP) is 3.44. The molecular weight excluding hydrogens is 170 g/mol. The van der Waals surface area contributed by atoms with E-state index in [-0.39, 0.29) is 0 Å². The SMILES string of the molecule is CC[C@@H]1CCC2(CCCCC2)CN1C. The average Bonchev–Trinajstić information content (AvgIpc) is 2.19. The molecule has 1 aliphatic carbocycles. The van der Waals surface area contributed by atoms with E-state index in [0.717, 1.165) is 11.5 Å². The summed E-state index contributed by atoms with van der Waals surface area (Å²) in [5, 5.41) is 0. The van der Waals surface area contributed by atoms with Crippen LogP contribution in [-0.4, -0.2) is 24.5 Å². The first-order chi connectivity index (χ1) is 6.76. The van der Waals surface area contributed by atoms with Gasteiger partial charge in [0.05, 0.1) is 0 Å². The highest BCUT2D eigenvalue weighted by Gasteiger charge is 2.37. The Bertz CT molecular complexity index is 182. The molecule has 0 amide bonds. The Balaban J connectivity index is 1.96. The molecular formula is C13H25N. The highest BCUT2D eigenvalue weighted by atomic mass is 15.1. The summed E-state index contributed by atoms with van der Waals surface area (Å²) in [4.78, 5) is 2.63. The van der Waals surface area contributed by atoms with Crippen LogP contribution in [0.3, 0.4) is 0 Å². The van der Waals surface area contributed by atoms with Crippen molar-refractivity contribution in [1.82, 2.24) is 4.90 Å². The smallest absolute Gasteiger partial charge is 0.00900 e. The lowest BCUT2D eigenvalue weighted by atomic mass is 9.68. The summed E-state index contributed by atoms with van der Waals surface area (Å²) in [6.45, 7) is 3.71. The summed E-state index contributed by atoms with van der Waals surface area (Å²) in [6, 6.07) is 0.877. The highest BCUT2D eigenvalue weighted by molar-refractivity contribution is 4.91. The van der Waals surface area contributed by atoms with Crippen molar-refractivity contribution < 1.29 is 0 Å². The molecule has 0 aromatic rings. The first kappa shape index (κ1) is 10.5. The Morgan fingerprint density at radius 1 is 1.14 bits per heavy atom. The molecule has 0 radical (unpaired) electrons. The van der Waals surface area contributed by atoms with Gasteiger partial charge >= 0.3 is 0 Å². The number of piperidine rings is 1. The van der Waals surface area contributed by atoms with Crippen molar-refractivity contribution in [3.63, 3.8) is 0 Å². The molecule has 1 saturated heterocycles. The zero-order chi connectivity index (χ0) is 10.0.